The summed E-state index contributed by atoms with van der Waals surface area (Å²) < 4.78 is 26.7. The first-order chi connectivity index (χ1) is 8.78. The molecule has 106 valence electrons. The van der Waals surface area contributed by atoms with Crippen LogP contribution in [0.15, 0.2) is 12.1 Å². The predicted octanol–water partition coefficient (Wildman–Crippen LogP) is 2.84. The molecule has 2 N–H and O–H groups in total. The van der Waals surface area contributed by atoms with Crippen molar-refractivity contribution in [3.05, 3.63) is 33.9 Å². The Morgan fingerprint density at radius 1 is 1.47 bits per heavy atom. The van der Waals surface area contributed by atoms with E-state index < -0.39 is 33.5 Å². The largest absolute Gasteiger partial charge is 0.388 e. The minimum Gasteiger partial charge on any atom is -0.388 e. The molecule has 7 heteroatoms. The Morgan fingerprint density at radius 3 is 2.63 bits per heavy atom. The molecule has 1 aromatic rings. The fraction of sp³-hybridized carbons (Fsp3) is 0.500. The molecule has 1 rings (SSSR count). The van der Waals surface area contributed by atoms with Crippen molar-refractivity contribution in [2.24, 2.45) is 0 Å². The van der Waals surface area contributed by atoms with Gasteiger partial charge in [0.25, 0.3) is 5.69 Å². The van der Waals surface area contributed by atoms with Gasteiger partial charge in [-0.25, -0.2) is 8.78 Å². The molecule has 0 spiro atoms. The number of hydrogen-bond acceptors (Lipinski definition) is 4. The molecule has 0 aliphatic rings. The first-order valence-electron chi connectivity index (χ1n) is 5.87. The maximum Gasteiger partial charge on any atom is 0.295 e. The summed E-state index contributed by atoms with van der Waals surface area (Å²) in [6, 6.07) is 1.58. The Morgan fingerprint density at radius 2 is 2.11 bits per heavy atom. The van der Waals surface area contributed by atoms with Gasteiger partial charge in [0.2, 0.25) is 0 Å². The molecule has 1 aromatic carbocycles. The van der Waals surface area contributed by atoms with Gasteiger partial charge < -0.3 is 10.4 Å². The van der Waals surface area contributed by atoms with E-state index in [-0.39, 0.29) is 6.54 Å². The summed E-state index contributed by atoms with van der Waals surface area (Å²) in [6.07, 6.45) is 1.13. The van der Waals surface area contributed by atoms with Gasteiger partial charge in [0.15, 0.2) is 17.3 Å². The number of nitro benzene ring substituents is 1. The number of aliphatic hydroxyl groups is 1. The van der Waals surface area contributed by atoms with Crippen molar-refractivity contribution in [3.8, 4) is 0 Å². The van der Waals surface area contributed by atoms with Crippen LogP contribution in [0.3, 0.4) is 0 Å². The molecular formula is C12H16F2N2O3. The van der Waals surface area contributed by atoms with Crippen LogP contribution in [0, 0.1) is 21.7 Å². The normalized spacial score (nSPS) is 13.9. The van der Waals surface area contributed by atoms with Crippen LogP contribution in [-0.2, 0) is 0 Å². The lowest BCUT2D eigenvalue weighted by atomic mass is 10.0. The Hall–Kier alpha value is -1.76. The molecule has 1 unspecified atom stereocenters. The first kappa shape index (κ1) is 15.3. The van der Waals surface area contributed by atoms with Crippen LogP contribution in [0.4, 0.5) is 20.2 Å². The molecular weight excluding hydrogens is 258 g/mol. The van der Waals surface area contributed by atoms with Gasteiger partial charge in [0.05, 0.1) is 10.5 Å². The highest BCUT2D eigenvalue weighted by atomic mass is 19.2. The van der Waals surface area contributed by atoms with E-state index in [1.165, 1.54) is 6.92 Å². The molecule has 0 saturated carbocycles. The third-order valence-corrected chi connectivity index (χ3v) is 2.70. The third kappa shape index (κ3) is 3.85. The van der Waals surface area contributed by atoms with Crippen molar-refractivity contribution in [2.75, 3.05) is 11.9 Å². The molecule has 1 atom stereocenters. The number of hydrogen-bond donors (Lipinski definition) is 2. The lowest BCUT2D eigenvalue weighted by molar-refractivity contribution is -0.384. The molecule has 0 saturated heterocycles. The van der Waals surface area contributed by atoms with Gasteiger partial charge in [0, 0.05) is 12.6 Å². The first-order valence-corrected chi connectivity index (χ1v) is 5.87. The van der Waals surface area contributed by atoms with Gasteiger partial charge in [-0.1, -0.05) is 13.3 Å². The molecule has 0 fully saturated rings. The van der Waals surface area contributed by atoms with Crippen LogP contribution in [0.1, 0.15) is 26.7 Å². The van der Waals surface area contributed by atoms with Crippen LogP contribution in [0.2, 0.25) is 0 Å². The molecule has 0 bridgehead atoms. The van der Waals surface area contributed by atoms with Gasteiger partial charge in [-0.3, -0.25) is 10.1 Å². The smallest absolute Gasteiger partial charge is 0.295 e. The second-order valence-electron chi connectivity index (χ2n) is 4.61. The zero-order valence-electron chi connectivity index (χ0n) is 10.7. The SMILES string of the molecule is CCCC(C)(O)CNc1c([N+](=O)[O-])ccc(F)c1F. The van der Waals surface area contributed by atoms with Crippen molar-refractivity contribution >= 4 is 11.4 Å². The summed E-state index contributed by atoms with van der Waals surface area (Å²) >= 11 is 0. The summed E-state index contributed by atoms with van der Waals surface area (Å²) in [5.41, 5.74) is -2.26. The summed E-state index contributed by atoms with van der Waals surface area (Å²) in [4.78, 5) is 9.94. The Balaban J connectivity index is 2.99. The standard InChI is InChI=1S/C12H16F2N2O3/c1-3-6-12(2,17)7-15-11-9(16(18)19)5-4-8(13)10(11)14/h4-5,15,17H,3,6-7H2,1-2H3. The van der Waals surface area contributed by atoms with Gasteiger partial charge in [-0.2, -0.15) is 0 Å². The van der Waals surface area contributed by atoms with E-state index in [1.807, 2.05) is 6.92 Å². The number of nitro groups is 1. The highest BCUT2D eigenvalue weighted by Crippen LogP contribution is 2.29. The zero-order chi connectivity index (χ0) is 14.6. The van der Waals surface area contributed by atoms with Crippen molar-refractivity contribution < 1.29 is 18.8 Å². The Labute approximate surface area is 109 Å². The van der Waals surface area contributed by atoms with Crippen LogP contribution < -0.4 is 5.32 Å². The minimum atomic E-state index is -1.32. The van der Waals surface area contributed by atoms with Crippen molar-refractivity contribution in [1.29, 1.82) is 0 Å². The Bertz CT molecular complexity index is 478. The second kappa shape index (κ2) is 5.92. The van der Waals surface area contributed by atoms with Crippen LogP contribution in [0.5, 0.6) is 0 Å². The lowest BCUT2D eigenvalue weighted by Crippen LogP contribution is -2.33. The van der Waals surface area contributed by atoms with Crippen LogP contribution >= 0.6 is 0 Å². The highest BCUT2D eigenvalue weighted by molar-refractivity contribution is 5.62. The maximum atomic E-state index is 13.6. The van der Waals surface area contributed by atoms with E-state index in [0.717, 1.165) is 6.07 Å². The maximum absolute atomic E-state index is 13.6. The van der Waals surface area contributed by atoms with E-state index in [1.54, 1.807) is 0 Å². The fourth-order valence-electron chi connectivity index (χ4n) is 1.77. The van der Waals surface area contributed by atoms with Crippen molar-refractivity contribution in [1.82, 2.24) is 0 Å². The van der Waals surface area contributed by atoms with Crippen LogP contribution in [0.25, 0.3) is 0 Å². The average Bonchev–Trinajstić information content (AvgIpc) is 2.30. The summed E-state index contributed by atoms with van der Waals surface area (Å²) in [7, 11) is 0. The van der Waals surface area contributed by atoms with Gasteiger partial charge in [-0.05, 0) is 19.4 Å². The minimum absolute atomic E-state index is 0.109. The highest BCUT2D eigenvalue weighted by Gasteiger charge is 2.25. The third-order valence-electron chi connectivity index (χ3n) is 2.70. The monoisotopic (exact) mass is 274 g/mol. The molecule has 0 amide bonds. The molecule has 5 nitrogen and oxygen atoms in total. The molecule has 19 heavy (non-hydrogen) atoms. The Kier molecular flexibility index (Phi) is 4.77. The van der Waals surface area contributed by atoms with Crippen molar-refractivity contribution in [3.63, 3.8) is 0 Å². The lowest BCUT2D eigenvalue weighted by Gasteiger charge is -2.23. The van der Waals surface area contributed by atoms with Gasteiger partial charge in [0.1, 0.15) is 0 Å². The number of benzene rings is 1. The summed E-state index contributed by atoms with van der Waals surface area (Å²) in [5, 5.41) is 23.1. The van der Waals surface area contributed by atoms with Crippen LogP contribution in [-0.4, -0.2) is 22.2 Å². The number of nitrogens with zero attached hydrogens (tertiary/aromatic N) is 1. The number of anilines is 1. The van der Waals surface area contributed by atoms with Gasteiger partial charge in [-0.15, -0.1) is 0 Å². The second-order valence-corrected chi connectivity index (χ2v) is 4.61. The summed E-state index contributed by atoms with van der Waals surface area (Å²) in [5.74, 6) is -2.50. The average molecular weight is 274 g/mol. The van der Waals surface area contributed by atoms with E-state index in [4.69, 9.17) is 0 Å². The van der Waals surface area contributed by atoms with E-state index in [9.17, 15) is 24.0 Å². The van der Waals surface area contributed by atoms with E-state index >= 15 is 0 Å². The molecule has 0 heterocycles. The van der Waals surface area contributed by atoms with E-state index in [0.29, 0.717) is 18.9 Å². The molecule has 0 aliphatic carbocycles. The summed E-state index contributed by atoms with van der Waals surface area (Å²) in [6.45, 7) is 3.27. The van der Waals surface area contributed by atoms with Gasteiger partial charge >= 0.3 is 0 Å². The fourth-order valence-corrected chi connectivity index (χ4v) is 1.77. The topological polar surface area (TPSA) is 75.4 Å². The van der Waals surface area contributed by atoms with Crippen molar-refractivity contribution in [2.45, 2.75) is 32.3 Å². The number of halogens is 2. The number of rotatable bonds is 6. The molecule has 0 aliphatic heterocycles. The quantitative estimate of drug-likeness (QED) is 0.618. The predicted molar refractivity (Wildman–Crippen MR) is 67.0 cm³/mol. The zero-order valence-corrected chi connectivity index (χ0v) is 10.7. The van der Waals surface area contributed by atoms with E-state index in [2.05, 4.69) is 5.32 Å². The molecule has 0 radical (unpaired) electrons. The molecule has 0 aromatic heterocycles. The number of nitrogens with one attached hydrogen (secondary N) is 1.